The molecule has 0 bridgehead atoms. The van der Waals surface area contributed by atoms with Crippen molar-refractivity contribution in [3.63, 3.8) is 0 Å². The molecule has 1 N–H and O–H groups in total. The van der Waals surface area contributed by atoms with E-state index in [1.165, 1.54) is 17.7 Å². The van der Waals surface area contributed by atoms with Gasteiger partial charge in [0.25, 0.3) is 5.91 Å². The van der Waals surface area contributed by atoms with E-state index in [9.17, 15) is 9.18 Å². The zero-order chi connectivity index (χ0) is 19.8. The quantitative estimate of drug-likeness (QED) is 0.654. The van der Waals surface area contributed by atoms with Crippen LogP contribution in [-0.2, 0) is 12.8 Å². The van der Waals surface area contributed by atoms with Crippen LogP contribution in [-0.4, -0.2) is 36.0 Å². The number of aromatic nitrogens is 2. The number of hydrogen-bond donors (Lipinski definition) is 1. The summed E-state index contributed by atoms with van der Waals surface area (Å²) < 4.78 is 12.9. The van der Waals surface area contributed by atoms with Crippen LogP contribution in [0.15, 0.2) is 67.1 Å². The van der Waals surface area contributed by atoms with Crippen LogP contribution in [0.5, 0.6) is 0 Å². The SMILES string of the molecule is CN(CCc1ccncc1)c1ccc(C(=O)NCCc2ccc(F)cc2)cn1. The number of nitrogens with one attached hydrogen (secondary N) is 1. The van der Waals surface area contributed by atoms with E-state index in [2.05, 4.69) is 20.2 Å². The molecule has 6 heteroatoms. The topological polar surface area (TPSA) is 58.1 Å². The molecule has 28 heavy (non-hydrogen) atoms. The number of amides is 1. The minimum atomic E-state index is -0.260. The van der Waals surface area contributed by atoms with Crippen LogP contribution in [0, 0.1) is 5.82 Å². The van der Waals surface area contributed by atoms with E-state index < -0.39 is 0 Å². The molecule has 3 rings (SSSR count). The van der Waals surface area contributed by atoms with Gasteiger partial charge in [0, 0.05) is 38.7 Å². The van der Waals surface area contributed by atoms with Crippen LogP contribution < -0.4 is 10.2 Å². The van der Waals surface area contributed by atoms with E-state index in [4.69, 9.17) is 0 Å². The van der Waals surface area contributed by atoms with E-state index in [-0.39, 0.29) is 11.7 Å². The third-order valence-corrected chi connectivity index (χ3v) is 4.50. The smallest absolute Gasteiger partial charge is 0.252 e. The molecule has 144 valence electrons. The molecule has 0 atom stereocenters. The fourth-order valence-electron chi connectivity index (χ4n) is 2.78. The van der Waals surface area contributed by atoms with Crippen molar-refractivity contribution in [2.24, 2.45) is 0 Å². The zero-order valence-corrected chi connectivity index (χ0v) is 15.8. The normalized spacial score (nSPS) is 10.5. The molecule has 0 spiro atoms. The summed E-state index contributed by atoms with van der Waals surface area (Å²) in [5, 5.41) is 2.87. The van der Waals surface area contributed by atoms with Gasteiger partial charge in [-0.2, -0.15) is 0 Å². The first-order valence-corrected chi connectivity index (χ1v) is 9.20. The molecule has 2 aromatic heterocycles. The molecule has 0 saturated carbocycles. The van der Waals surface area contributed by atoms with E-state index >= 15 is 0 Å². The first kappa shape index (κ1) is 19.5. The van der Waals surface area contributed by atoms with Crippen molar-refractivity contribution in [3.05, 3.63) is 89.6 Å². The first-order chi connectivity index (χ1) is 13.6. The summed E-state index contributed by atoms with van der Waals surface area (Å²) in [7, 11) is 1.98. The van der Waals surface area contributed by atoms with Crippen molar-refractivity contribution in [3.8, 4) is 0 Å². The minimum absolute atomic E-state index is 0.166. The molecule has 5 nitrogen and oxygen atoms in total. The highest BCUT2D eigenvalue weighted by molar-refractivity contribution is 5.94. The van der Waals surface area contributed by atoms with E-state index in [0.717, 1.165) is 24.3 Å². The largest absolute Gasteiger partial charge is 0.359 e. The molecule has 1 amide bonds. The van der Waals surface area contributed by atoms with Crippen molar-refractivity contribution >= 4 is 11.7 Å². The van der Waals surface area contributed by atoms with Crippen molar-refractivity contribution in [1.29, 1.82) is 0 Å². The second kappa shape index (κ2) is 9.60. The van der Waals surface area contributed by atoms with E-state index in [0.29, 0.717) is 18.5 Å². The molecule has 0 saturated heterocycles. The Labute approximate surface area is 164 Å². The Bertz CT molecular complexity index is 883. The fraction of sp³-hybridized carbons (Fsp3) is 0.227. The standard InChI is InChI=1S/C22H23FN4O/c1-27(15-11-18-8-12-24-13-9-18)21-7-4-19(16-26-21)22(28)25-14-10-17-2-5-20(23)6-3-17/h2-9,12-13,16H,10-11,14-15H2,1H3,(H,25,28). The van der Waals surface area contributed by atoms with Gasteiger partial charge in [0.1, 0.15) is 11.6 Å². The number of carbonyl (C=O) groups is 1. The van der Waals surface area contributed by atoms with Crippen LogP contribution in [0.25, 0.3) is 0 Å². The van der Waals surface area contributed by atoms with Crippen molar-refractivity contribution < 1.29 is 9.18 Å². The molecule has 0 unspecified atom stereocenters. The van der Waals surface area contributed by atoms with Gasteiger partial charge in [-0.1, -0.05) is 12.1 Å². The van der Waals surface area contributed by atoms with Gasteiger partial charge in [0.15, 0.2) is 0 Å². The predicted octanol–water partition coefficient (Wildman–Crippen LogP) is 3.27. The molecule has 0 aliphatic carbocycles. The Morgan fingerprint density at radius 3 is 2.39 bits per heavy atom. The Balaban J connectivity index is 1.47. The first-order valence-electron chi connectivity index (χ1n) is 9.20. The number of likely N-dealkylation sites (N-methyl/N-ethyl adjacent to an activating group) is 1. The fourth-order valence-corrected chi connectivity index (χ4v) is 2.78. The number of anilines is 1. The van der Waals surface area contributed by atoms with Gasteiger partial charge in [-0.05, 0) is 60.4 Å². The van der Waals surface area contributed by atoms with Crippen molar-refractivity contribution in [1.82, 2.24) is 15.3 Å². The minimum Gasteiger partial charge on any atom is -0.359 e. The third-order valence-electron chi connectivity index (χ3n) is 4.50. The maximum Gasteiger partial charge on any atom is 0.252 e. The second-order valence-corrected chi connectivity index (χ2v) is 6.56. The van der Waals surface area contributed by atoms with E-state index in [1.54, 1.807) is 36.8 Å². The summed E-state index contributed by atoms with van der Waals surface area (Å²) in [6.07, 6.45) is 6.71. The zero-order valence-electron chi connectivity index (χ0n) is 15.8. The molecule has 1 aromatic carbocycles. The highest BCUT2D eigenvalue weighted by atomic mass is 19.1. The highest BCUT2D eigenvalue weighted by Crippen LogP contribution is 2.11. The number of halogens is 1. The van der Waals surface area contributed by atoms with Gasteiger partial charge in [-0.3, -0.25) is 9.78 Å². The van der Waals surface area contributed by atoms with Crippen LogP contribution >= 0.6 is 0 Å². The predicted molar refractivity (Wildman–Crippen MR) is 108 cm³/mol. The average Bonchev–Trinajstić information content (AvgIpc) is 2.74. The number of rotatable bonds is 8. The van der Waals surface area contributed by atoms with Gasteiger partial charge in [0.2, 0.25) is 0 Å². The van der Waals surface area contributed by atoms with Gasteiger partial charge < -0.3 is 10.2 Å². The summed E-state index contributed by atoms with van der Waals surface area (Å²) >= 11 is 0. The maximum atomic E-state index is 12.9. The Morgan fingerprint density at radius 1 is 1.00 bits per heavy atom. The van der Waals surface area contributed by atoms with Gasteiger partial charge in [-0.15, -0.1) is 0 Å². The molecule has 2 heterocycles. The molecule has 0 aliphatic heterocycles. The molecule has 0 fully saturated rings. The average molecular weight is 378 g/mol. The van der Waals surface area contributed by atoms with Crippen molar-refractivity contribution in [2.45, 2.75) is 12.8 Å². The molecular weight excluding hydrogens is 355 g/mol. The Morgan fingerprint density at radius 2 is 1.71 bits per heavy atom. The summed E-state index contributed by atoms with van der Waals surface area (Å²) in [5.74, 6) is 0.391. The van der Waals surface area contributed by atoms with Gasteiger partial charge in [0.05, 0.1) is 5.56 Å². The van der Waals surface area contributed by atoms with Crippen LogP contribution in [0.2, 0.25) is 0 Å². The molecular formula is C22H23FN4O. The lowest BCUT2D eigenvalue weighted by Gasteiger charge is -2.18. The molecule has 3 aromatic rings. The summed E-state index contributed by atoms with van der Waals surface area (Å²) in [5.41, 5.74) is 2.72. The van der Waals surface area contributed by atoms with Crippen LogP contribution in [0.4, 0.5) is 10.2 Å². The Hall–Kier alpha value is -3.28. The highest BCUT2D eigenvalue weighted by Gasteiger charge is 2.08. The number of carbonyl (C=O) groups excluding carboxylic acids is 1. The summed E-state index contributed by atoms with van der Waals surface area (Å²) in [6.45, 7) is 1.30. The second-order valence-electron chi connectivity index (χ2n) is 6.56. The van der Waals surface area contributed by atoms with Crippen molar-refractivity contribution in [2.75, 3.05) is 25.0 Å². The third kappa shape index (κ3) is 5.61. The van der Waals surface area contributed by atoms with E-state index in [1.807, 2.05) is 25.2 Å². The lowest BCUT2D eigenvalue weighted by atomic mass is 10.1. The van der Waals surface area contributed by atoms with Crippen LogP contribution in [0.1, 0.15) is 21.5 Å². The molecule has 0 aliphatic rings. The van der Waals surface area contributed by atoms with Crippen LogP contribution in [0.3, 0.4) is 0 Å². The Kier molecular flexibility index (Phi) is 6.68. The number of benzene rings is 1. The lowest BCUT2D eigenvalue weighted by Crippen LogP contribution is -2.26. The summed E-state index contributed by atoms with van der Waals surface area (Å²) in [4.78, 5) is 22.7. The number of pyridine rings is 2. The number of hydrogen-bond acceptors (Lipinski definition) is 4. The monoisotopic (exact) mass is 378 g/mol. The van der Waals surface area contributed by atoms with Gasteiger partial charge in [-0.25, -0.2) is 9.37 Å². The lowest BCUT2D eigenvalue weighted by molar-refractivity contribution is 0.0954. The number of nitrogens with zero attached hydrogens (tertiary/aromatic N) is 3. The van der Waals surface area contributed by atoms with Gasteiger partial charge >= 0.3 is 0 Å². The maximum absolute atomic E-state index is 12.9. The molecule has 0 radical (unpaired) electrons. The summed E-state index contributed by atoms with van der Waals surface area (Å²) in [6, 6.07) is 13.9.